The highest BCUT2D eigenvalue weighted by Gasteiger charge is 2.46. The van der Waals surface area contributed by atoms with Gasteiger partial charge in [-0.2, -0.15) is 0 Å². The Bertz CT molecular complexity index is 1460. The molecule has 3 aromatic rings. The summed E-state index contributed by atoms with van der Waals surface area (Å²) in [4.78, 5) is 28.6. The topological polar surface area (TPSA) is 85.3 Å². The van der Waals surface area contributed by atoms with E-state index in [1.165, 1.54) is 0 Å². The van der Waals surface area contributed by atoms with E-state index in [1.54, 1.807) is 36.3 Å². The first kappa shape index (κ1) is 28.3. The fourth-order valence-electron chi connectivity index (χ4n) is 5.45. The molecular formula is C34H37NO6. The van der Waals surface area contributed by atoms with Crippen molar-refractivity contribution in [2.24, 2.45) is 5.92 Å². The molecule has 1 fully saturated rings. The number of carbonyl (C=O) groups excluding carboxylic acids is 2. The first-order valence-electron chi connectivity index (χ1n) is 14.2. The van der Waals surface area contributed by atoms with Crippen molar-refractivity contribution < 1.29 is 28.9 Å². The maximum absolute atomic E-state index is 13.5. The fourth-order valence-corrected chi connectivity index (χ4v) is 5.45. The smallest absolute Gasteiger partial charge is 0.295 e. The highest BCUT2D eigenvalue weighted by molar-refractivity contribution is 6.46. The Morgan fingerprint density at radius 1 is 1.05 bits per heavy atom. The molecule has 0 radical (unpaired) electrons. The van der Waals surface area contributed by atoms with Gasteiger partial charge in [0.05, 0.1) is 25.3 Å². The van der Waals surface area contributed by atoms with Gasteiger partial charge >= 0.3 is 0 Å². The summed E-state index contributed by atoms with van der Waals surface area (Å²) in [5.74, 6) is 0.817. The molecular weight excluding hydrogens is 518 g/mol. The summed E-state index contributed by atoms with van der Waals surface area (Å²) in [7, 11) is 1.56. The van der Waals surface area contributed by atoms with Gasteiger partial charge < -0.3 is 24.2 Å². The molecule has 2 heterocycles. The minimum Gasteiger partial charge on any atom is -0.507 e. The van der Waals surface area contributed by atoms with Crippen molar-refractivity contribution >= 4 is 17.4 Å². The molecule has 1 amide bonds. The van der Waals surface area contributed by atoms with Gasteiger partial charge in [-0.05, 0) is 72.7 Å². The van der Waals surface area contributed by atoms with Crippen LogP contribution >= 0.6 is 0 Å². The maximum atomic E-state index is 13.5. The van der Waals surface area contributed by atoms with Crippen molar-refractivity contribution in [3.63, 3.8) is 0 Å². The number of rotatable bonds is 10. The second kappa shape index (κ2) is 12.1. The number of benzene rings is 3. The summed E-state index contributed by atoms with van der Waals surface area (Å²) in [6.45, 7) is 7.11. The number of fused-ring (bicyclic) bond motifs is 1. The predicted octanol–water partition coefficient (Wildman–Crippen LogP) is 6.11. The molecule has 2 aliphatic heterocycles. The molecule has 1 saturated heterocycles. The zero-order chi connectivity index (χ0) is 29.1. The molecule has 0 bridgehead atoms. The Morgan fingerprint density at radius 2 is 1.83 bits per heavy atom. The summed E-state index contributed by atoms with van der Waals surface area (Å²) >= 11 is 0. The van der Waals surface area contributed by atoms with E-state index in [0.717, 1.165) is 23.3 Å². The summed E-state index contributed by atoms with van der Waals surface area (Å²) in [6, 6.07) is 19.8. The van der Waals surface area contributed by atoms with E-state index in [2.05, 4.69) is 13.8 Å². The number of hydrogen-bond donors (Lipinski definition) is 1. The van der Waals surface area contributed by atoms with Crippen LogP contribution in [-0.4, -0.2) is 48.1 Å². The minimum atomic E-state index is -0.791. The van der Waals surface area contributed by atoms with Gasteiger partial charge in [0.1, 0.15) is 17.6 Å². The lowest BCUT2D eigenvalue weighted by Crippen LogP contribution is -2.31. The zero-order valence-electron chi connectivity index (χ0n) is 24.1. The molecule has 3 aromatic carbocycles. The number of aliphatic hydroxyl groups excluding tert-OH is 1. The lowest BCUT2D eigenvalue weighted by Gasteiger charge is -2.26. The third-order valence-corrected chi connectivity index (χ3v) is 7.65. The van der Waals surface area contributed by atoms with Gasteiger partial charge in [-0.1, -0.05) is 50.2 Å². The van der Waals surface area contributed by atoms with Crippen LogP contribution in [0.5, 0.6) is 17.2 Å². The van der Waals surface area contributed by atoms with Crippen molar-refractivity contribution in [1.82, 2.24) is 4.90 Å². The number of nitrogens with zero attached hydrogens (tertiary/aromatic N) is 1. The molecule has 1 N–H and O–H groups in total. The van der Waals surface area contributed by atoms with Gasteiger partial charge in [-0.3, -0.25) is 9.59 Å². The summed E-state index contributed by atoms with van der Waals surface area (Å²) < 4.78 is 17.4. The number of aliphatic hydroxyl groups is 1. The Labute approximate surface area is 241 Å². The molecule has 0 unspecified atom stereocenters. The third-order valence-electron chi connectivity index (χ3n) is 7.65. The van der Waals surface area contributed by atoms with E-state index in [0.29, 0.717) is 54.5 Å². The number of ether oxygens (including phenoxy) is 3. The predicted molar refractivity (Wildman–Crippen MR) is 157 cm³/mol. The van der Waals surface area contributed by atoms with Crippen LogP contribution in [0, 0.1) is 5.92 Å². The molecule has 41 heavy (non-hydrogen) atoms. The van der Waals surface area contributed by atoms with Crippen LogP contribution in [0.25, 0.3) is 5.76 Å². The van der Waals surface area contributed by atoms with E-state index >= 15 is 0 Å². The Kier molecular flexibility index (Phi) is 8.34. The molecule has 7 nitrogen and oxygen atoms in total. The number of Topliss-reactive ketones (excluding diaryl/α,β-unsaturated/α-hetero) is 1. The van der Waals surface area contributed by atoms with Gasteiger partial charge in [-0.25, -0.2) is 0 Å². The molecule has 0 aromatic heterocycles. The number of methoxy groups -OCH3 is 1. The Balaban J connectivity index is 1.55. The first-order chi connectivity index (χ1) is 19.8. The van der Waals surface area contributed by atoms with Crippen LogP contribution in [0.2, 0.25) is 0 Å². The number of carbonyl (C=O) groups is 2. The van der Waals surface area contributed by atoms with Crippen molar-refractivity contribution in [3.05, 3.63) is 94.6 Å². The summed E-state index contributed by atoms with van der Waals surface area (Å²) in [5, 5.41) is 11.6. The maximum Gasteiger partial charge on any atom is 0.295 e. The van der Waals surface area contributed by atoms with Crippen LogP contribution < -0.4 is 14.2 Å². The van der Waals surface area contributed by atoms with E-state index < -0.39 is 17.7 Å². The van der Waals surface area contributed by atoms with Gasteiger partial charge in [-0.15, -0.1) is 0 Å². The Morgan fingerprint density at radius 3 is 2.56 bits per heavy atom. The van der Waals surface area contributed by atoms with Crippen molar-refractivity contribution in [3.8, 4) is 17.2 Å². The monoisotopic (exact) mass is 555 g/mol. The second-order valence-corrected chi connectivity index (χ2v) is 11.1. The molecule has 2 aliphatic rings. The normalized spacial score (nSPS) is 19.4. The van der Waals surface area contributed by atoms with E-state index in [1.807, 2.05) is 49.4 Å². The molecule has 7 heteroatoms. The van der Waals surface area contributed by atoms with Crippen LogP contribution in [-0.2, 0) is 22.4 Å². The van der Waals surface area contributed by atoms with E-state index in [9.17, 15) is 14.7 Å². The average Bonchev–Trinajstić information content (AvgIpc) is 3.46. The average molecular weight is 556 g/mol. The van der Waals surface area contributed by atoms with Gasteiger partial charge in [0.25, 0.3) is 11.7 Å². The van der Waals surface area contributed by atoms with E-state index in [-0.39, 0.29) is 17.4 Å². The first-order valence-corrected chi connectivity index (χ1v) is 14.2. The molecule has 0 saturated carbocycles. The number of likely N-dealkylation sites (tertiary alicyclic amines) is 1. The summed E-state index contributed by atoms with van der Waals surface area (Å²) in [6.07, 6.45) is 2.21. The highest BCUT2D eigenvalue weighted by Crippen LogP contribution is 2.43. The molecule has 0 spiro atoms. The van der Waals surface area contributed by atoms with Gasteiger partial charge in [0, 0.05) is 18.5 Å². The third kappa shape index (κ3) is 5.94. The molecule has 2 atom stereocenters. The molecule has 0 aliphatic carbocycles. The SMILES string of the molecule is COc1cc([C@@H]2/C(=C(\O)c3ccc4c(c3)C[C@@H](C)O4)C(=O)C(=O)N2CCc2ccccc2)ccc1OCCC(C)C. The standard InChI is InChI=1S/C34H37NO6/c1-21(2)15-17-40-28-13-10-24(20-29(28)39-4)31-30(32(36)25-11-12-27-26(19-25)18-22(3)41-27)33(37)34(38)35(31)16-14-23-8-6-5-7-9-23/h5-13,19-22,31,36H,14-18H2,1-4H3/b32-30+/t22-,31-/m1/s1. The van der Waals surface area contributed by atoms with Crippen molar-refractivity contribution in [2.45, 2.75) is 52.2 Å². The van der Waals surface area contributed by atoms with Crippen molar-refractivity contribution in [1.29, 1.82) is 0 Å². The lowest BCUT2D eigenvalue weighted by atomic mass is 9.94. The van der Waals surface area contributed by atoms with Crippen LogP contribution in [0.3, 0.4) is 0 Å². The number of hydrogen-bond acceptors (Lipinski definition) is 6. The Hall–Kier alpha value is -4.26. The highest BCUT2D eigenvalue weighted by atomic mass is 16.5. The minimum absolute atomic E-state index is 0.0414. The van der Waals surface area contributed by atoms with E-state index in [4.69, 9.17) is 14.2 Å². The zero-order valence-corrected chi connectivity index (χ0v) is 24.1. The quantitative estimate of drug-likeness (QED) is 0.185. The van der Waals surface area contributed by atoms with Crippen molar-refractivity contribution in [2.75, 3.05) is 20.3 Å². The number of amides is 1. The van der Waals surface area contributed by atoms with Crippen LogP contribution in [0.4, 0.5) is 0 Å². The number of ketones is 1. The van der Waals surface area contributed by atoms with Crippen LogP contribution in [0.15, 0.2) is 72.3 Å². The van der Waals surface area contributed by atoms with Gasteiger partial charge in [0.2, 0.25) is 0 Å². The lowest BCUT2D eigenvalue weighted by molar-refractivity contribution is -0.139. The largest absolute Gasteiger partial charge is 0.507 e. The van der Waals surface area contributed by atoms with Crippen LogP contribution in [0.1, 0.15) is 55.5 Å². The molecule has 214 valence electrons. The summed E-state index contributed by atoms with van der Waals surface area (Å²) in [5.41, 5.74) is 3.21. The molecule has 5 rings (SSSR count). The fraction of sp³-hybridized carbons (Fsp3) is 0.353. The second-order valence-electron chi connectivity index (χ2n) is 11.1. The van der Waals surface area contributed by atoms with Gasteiger partial charge in [0.15, 0.2) is 11.5 Å².